The highest BCUT2D eigenvalue weighted by Gasteiger charge is 2.25. The average molecular weight is 380 g/mol. The quantitative estimate of drug-likeness (QED) is 0.762. The molecule has 1 amide bonds. The van der Waals surface area contributed by atoms with Crippen LogP contribution in [0.5, 0.6) is 0 Å². The maximum absolute atomic E-state index is 13.3. The van der Waals surface area contributed by atoms with Gasteiger partial charge in [-0.3, -0.25) is 4.79 Å². The molecule has 138 valence electrons. The summed E-state index contributed by atoms with van der Waals surface area (Å²) in [7, 11) is 0. The number of likely N-dealkylation sites (tertiary alicyclic amines) is 1. The smallest absolute Gasteiger partial charge is 0.344 e. The van der Waals surface area contributed by atoms with E-state index >= 15 is 0 Å². The SMILES string of the molecule is CC(=O)c1ccn(C(=O)N2CCC(OCc3cc(F)cc(Cl)c3)CC2)n1. The second-order valence-corrected chi connectivity index (χ2v) is 6.70. The lowest BCUT2D eigenvalue weighted by Crippen LogP contribution is -2.43. The van der Waals surface area contributed by atoms with Gasteiger partial charge in [-0.2, -0.15) is 9.78 Å². The van der Waals surface area contributed by atoms with E-state index in [1.54, 1.807) is 11.0 Å². The van der Waals surface area contributed by atoms with Crippen LogP contribution in [0.25, 0.3) is 0 Å². The van der Waals surface area contributed by atoms with Gasteiger partial charge in [0.05, 0.1) is 12.7 Å². The van der Waals surface area contributed by atoms with Gasteiger partial charge < -0.3 is 9.64 Å². The first kappa shape index (κ1) is 18.5. The van der Waals surface area contributed by atoms with E-state index in [1.807, 2.05) is 0 Å². The van der Waals surface area contributed by atoms with Crippen molar-refractivity contribution in [3.05, 3.63) is 52.6 Å². The molecule has 0 spiro atoms. The molecule has 6 nitrogen and oxygen atoms in total. The first-order valence-corrected chi connectivity index (χ1v) is 8.72. The Morgan fingerprint density at radius 3 is 2.65 bits per heavy atom. The van der Waals surface area contributed by atoms with Crippen LogP contribution in [0.1, 0.15) is 35.8 Å². The number of nitrogens with zero attached hydrogens (tertiary/aromatic N) is 3. The molecule has 1 aliphatic rings. The lowest BCUT2D eigenvalue weighted by atomic mass is 10.1. The molecular formula is C18H19ClFN3O3. The number of ether oxygens (including phenoxy) is 1. The van der Waals surface area contributed by atoms with E-state index in [0.29, 0.717) is 36.5 Å². The van der Waals surface area contributed by atoms with Gasteiger partial charge in [-0.25, -0.2) is 9.18 Å². The first-order valence-electron chi connectivity index (χ1n) is 8.35. The summed E-state index contributed by atoms with van der Waals surface area (Å²) in [4.78, 5) is 25.4. The van der Waals surface area contributed by atoms with Gasteiger partial charge in [-0.1, -0.05) is 11.6 Å². The zero-order valence-electron chi connectivity index (χ0n) is 14.3. The number of benzene rings is 1. The Bertz CT molecular complexity index is 796. The molecular weight excluding hydrogens is 361 g/mol. The van der Waals surface area contributed by atoms with Crippen molar-refractivity contribution in [3.63, 3.8) is 0 Å². The van der Waals surface area contributed by atoms with Crippen LogP contribution in [0.4, 0.5) is 9.18 Å². The van der Waals surface area contributed by atoms with Crippen LogP contribution >= 0.6 is 11.6 Å². The molecule has 1 saturated heterocycles. The van der Waals surface area contributed by atoms with Gasteiger partial charge in [0.15, 0.2) is 5.78 Å². The third-order valence-electron chi connectivity index (χ3n) is 4.27. The molecule has 0 saturated carbocycles. The number of halogens is 2. The fraction of sp³-hybridized carbons (Fsp3) is 0.389. The fourth-order valence-electron chi connectivity index (χ4n) is 2.89. The van der Waals surface area contributed by atoms with Gasteiger partial charge in [0.1, 0.15) is 11.5 Å². The molecule has 1 aromatic carbocycles. The summed E-state index contributed by atoms with van der Waals surface area (Å²) in [6, 6.07) is 5.60. The molecule has 26 heavy (non-hydrogen) atoms. The molecule has 3 rings (SSSR count). The largest absolute Gasteiger partial charge is 0.373 e. The van der Waals surface area contributed by atoms with Gasteiger partial charge in [0.25, 0.3) is 0 Å². The third-order valence-corrected chi connectivity index (χ3v) is 4.48. The highest BCUT2D eigenvalue weighted by molar-refractivity contribution is 6.30. The summed E-state index contributed by atoms with van der Waals surface area (Å²) in [5, 5.41) is 4.33. The number of carbonyl (C=O) groups excluding carboxylic acids is 2. The predicted molar refractivity (Wildman–Crippen MR) is 93.8 cm³/mol. The van der Waals surface area contributed by atoms with Crippen molar-refractivity contribution >= 4 is 23.4 Å². The van der Waals surface area contributed by atoms with E-state index in [0.717, 1.165) is 0 Å². The summed E-state index contributed by atoms with van der Waals surface area (Å²) in [5.74, 6) is -0.568. The average Bonchev–Trinajstić information content (AvgIpc) is 3.09. The van der Waals surface area contributed by atoms with Crippen LogP contribution in [0.2, 0.25) is 5.02 Å². The van der Waals surface area contributed by atoms with Crippen molar-refractivity contribution in [2.75, 3.05) is 13.1 Å². The summed E-state index contributed by atoms with van der Waals surface area (Å²) in [6.07, 6.45) is 2.84. The highest BCUT2D eigenvalue weighted by Crippen LogP contribution is 2.19. The number of rotatable bonds is 4. The lowest BCUT2D eigenvalue weighted by molar-refractivity contribution is 0.00427. The second-order valence-electron chi connectivity index (χ2n) is 6.26. The molecule has 2 heterocycles. The molecule has 0 N–H and O–H groups in total. The molecule has 8 heteroatoms. The van der Waals surface area contributed by atoms with Crippen LogP contribution < -0.4 is 0 Å². The molecule has 0 atom stereocenters. The predicted octanol–water partition coefficient (Wildman–Crippen LogP) is 3.53. The van der Waals surface area contributed by atoms with Gasteiger partial charge in [0.2, 0.25) is 0 Å². The third kappa shape index (κ3) is 4.47. The number of carbonyl (C=O) groups is 2. The summed E-state index contributed by atoms with van der Waals surface area (Å²) in [6.45, 7) is 2.74. The number of hydrogen-bond acceptors (Lipinski definition) is 4. The lowest BCUT2D eigenvalue weighted by Gasteiger charge is -2.31. The molecule has 1 aromatic heterocycles. The highest BCUT2D eigenvalue weighted by atomic mass is 35.5. The maximum atomic E-state index is 13.3. The van der Waals surface area contributed by atoms with E-state index in [2.05, 4.69) is 5.10 Å². The minimum atomic E-state index is -0.388. The molecule has 2 aromatic rings. The van der Waals surface area contributed by atoms with Crippen molar-refractivity contribution in [1.82, 2.24) is 14.7 Å². The van der Waals surface area contributed by atoms with Crippen molar-refractivity contribution in [2.24, 2.45) is 0 Å². The number of ketones is 1. The van der Waals surface area contributed by atoms with Gasteiger partial charge in [-0.05, 0) is 42.7 Å². The van der Waals surface area contributed by atoms with Crippen molar-refractivity contribution in [1.29, 1.82) is 0 Å². The Kier molecular flexibility index (Phi) is 5.68. The Morgan fingerprint density at radius 1 is 1.31 bits per heavy atom. The zero-order valence-corrected chi connectivity index (χ0v) is 15.1. The first-order chi connectivity index (χ1) is 12.4. The van der Waals surface area contributed by atoms with Crippen molar-refractivity contribution in [2.45, 2.75) is 32.5 Å². The summed E-state index contributed by atoms with van der Waals surface area (Å²) >= 11 is 5.84. The maximum Gasteiger partial charge on any atom is 0.344 e. The van der Waals surface area contributed by atoms with Crippen LogP contribution in [-0.2, 0) is 11.3 Å². The molecule has 1 fully saturated rings. The van der Waals surface area contributed by atoms with Crippen LogP contribution in [0.3, 0.4) is 0 Å². The fourth-order valence-corrected chi connectivity index (χ4v) is 3.13. The molecule has 1 aliphatic heterocycles. The van der Waals surface area contributed by atoms with Crippen LogP contribution in [0.15, 0.2) is 30.5 Å². The van der Waals surface area contributed by atoms with Gasteiger partial charge >= 0.3 is 6.03 Å². The number of aromatic nitrogens is 2. The minimum Gasteiger partial charge on any atom is -0.373 e. The second kappa shape index (κ2) is 7.97. The normalized spacial score (nSPS) is 15.3. The van der Waals surface area contributed by atoms with E-state index in [9.17, 15) is 14.0 Å². The topological polar surface area (TPSA) is 64.4 Å². The molecule has 0 radical (unpaired) electrons. The van der Waals surface area contributed by atoms with E-state index in [1.165, 1.54) is 36.0 Å². The van der Waals surface area contributed by atoms with Crippen LogP contribution in [0, 0.1) is 5.82 Å². The molecule has 0 aliphatic carbocycles. The molecule has 0 bridgehead atoms. The van der Waals surface area contributed by atoms with Crippen molar-refractivity contribution < 1.29 is 18.7 Å². The minimum absolute atomic E-state index is 0.00788. The number of hydrogen-bond donors (Lipinski definition) is 0. The number of piperidine rings is 1. The molecule has 0 unspecified atom stereocenters. The van der Waals surface area contributed by atoms with Crippen molar-refractivity contribution in [3.8, 4) is 0 Å². The van der Waals surface area contributed by atoms with E-state index in [-0.39, 0.29) is 36.0 Å². The van der Waals surface area contributed by atoms with Gasteiger partial charge in [0, 0.05) is 31.2 Å². The number of amides is 1. The Labute approximate surface area is 155 Å². The Morgan fingerprint density at radius 2 is 2.04 bits per heavy atom. The summed E-state index contributed by atoms with van der Waals surface area (Å²) < 4.78 is 20.3. The number of Topliss-reactive ketones (excluding diaryl/α,β-unsaturated/α-hetero) is 1. The Balaban J connectivity index is 1.50. The zero-order chi connectivity index (χ0) is 18.7. The monoisotopic (exact) mass is 379 g/mol. The standard InChI is InChI=1S/C18H19ClFN3O3/c1-12(24)17-4-7-23(21-17)18(25)22-5-2-16(3-6-22)26-11-13-8-14(19)10-15(20)9-13/h4,7-10,16H,2-3,5-6,11H2,1H3. The summed E-state index contributed by atoms with van der Waals surface area (Å²) in [5.41, 5.74) is 0.951. The Hall–Kier alpha value is -2.25. The van der Waals surface area contributed by atoms with Gasteiger partial charge in [-0.15, -0.1) is 0 Å². The van der Waals surface area contributed by atoms with E-state index < -0.39 is 0 Å². The van der Waals surface area contributed by atoms with Crippen LogP contribution in [-0.4, -0.2) is 45.7 Å². The van der Waals surface area contributed by atoms with E-state index in [4.69, 9.17) is 16.3 Å².